The van der Waals surface area contributed by atoms with Crippen molar-refractivity contribution in [2.45, 2.75) is 13.8 Å². The van der Waals surface area contributed by atoms with Gasteiger partial charge in [0, 0.05) is 33.4 Å². The van der Waals surface area contributed by atoms with Crippen molar-refractivity contribution in [3.63, 3.8) is 0 Å². The SMILES string of the molecule is CC.CNc1cc(Nc2cccn(-c3cnc(C(=O)N(C)C)cn3)c2=O)nc2c(C(N)=O)cnn12. The topological polar surface area (TPSA) is 165 Å². The zero-order chi connectivity index (χ0) is 25.7. The van der Waals surface area contributed by atoms with Crippen LogP contribution in [0.25, 0.3) is 11.5 Å². The van der Waals surface area contributed by atoms with Crippen LogP contribution in [0.4, 0.5) is 17.3 Å². The summed E-state index contributed by atoms with van der Waals surface area (Å²) in [5.41, 5.74) is 5.73. The summed E-state index contributed by atoms with van der Waals surface area (Å²) in [6, 6.07) is 4.85. The normalized spacial score (nSPS) is 10.3. The molecule has 13 nitrogen and oxygen atoms in total. The van der Waals surface area contributed by atoms with Gasteiger partial charge in [-0.1, -0.05) is 13.8 Å². The number of hydrogen-bond donors (Lipinski definition) is 3. The third-order valence-electron chi connectivity index (χ3n) is 4.71. The van der Waals surface area contributed by atoms with Gasteiger partial charge >= 0.3 is 0 Å². The summed E-state index contributed by atoms with van der Waals surface area (Å²) in [4.78, 5) is 50.8. The highest BCUT2D eigenvalue weighted by Gasteiger charge is 2.16. The van der Waals surface area contributed by atoms with E-state index in [1.54, 1.807) is 39.3 Å². The van der Waals surface area contributed by atoms with Gasteiger partial charge in [-0.15, -0.1) is 0 Å². The molecule has 182 valence electrons. The van der Waals surface area contributed by atoms with Crippen molar-refractivity contribution >= 4 is 34.8 Å². The molecule has 0 bridgehead atoms. The fourth-order valence-electron chi connectivity index (χ4n) is 3.07. The van der Waals surface area contributed by atoms with Crippen LogP contribution in [0.3, 0.4) is 0 Å². The zero-order valence-corrected chi connectivity index (χ0v) is 20.0. The summed E-state index contributed by atoms with van der Waals surface area (Å²) < 4.78 is 2.71. The van der Waals surface area contributed by atoms with Crippen LogP contribution in [0, 0.1) is 0 Å². The maximum Gasteiger partial charge on any atom is 0.280 e. The Kier molecular flexibility index (Phi) is 7.39. The van der Waals surface area contributed by atoms with Gasteiger partial charge in [0.2, 0.25) is 0 Å². The van der Waals surface area contributed by atoms with Crippen molar-refractivity contribution in [2.24, 2.45) is 5.73 Å². The van der Waals surface area contributed by atoms with Gasteiger partial charge in [0.15, 0.2) is 11.5 Å². The fraction of sp³-hybridized carbons (Fsp3) is 0.227. The summed E-state index contributed by atoms with van der Waals surface area (Å²) in [5, 5.41) is 10.0. The Morgan fingerprint density at radius 1 is 1.11 bits per heavy atom. The van der Waals surface area contributed by atoms with E-state index in [1.807, 2.05) is 13.8 Å². The molecule has 4 aromatic heterocycles. The number of fused-ring (bicyclic) bond motifs is 1. The van der Waals surface area contributed by atoms with Gasteiger partial charge in [-0.3, -0.25) is 19.0 Å². The first-order valence-corrected chi connectivity index (χ1v) is 10.7. The number of aromatic nitrogens is 6. The van der Waals surface area contributed by atoms with E-state index >= 15 is 0 Å². The van der Waals surface area contributed by atoms with E-state index in [1.165, 1.54) is 38.8 Å². The number of nitrogens with two attached hydrogens (primary N) is 1. The van der Waals surface area contributed by atoms with Crippen molar-refractivity contribution in [3.05, 3.63) is 64.6 Å². The van der Waals surface area contributed by atoms with Gasteiger partial charge < -0.3 is 21.3 Å². The summed E-state index contributed by atoms with van der Waals surface area (Å²) in [5.74, 6) is 0.0911. The minimum Gasteiger partial charge on any atom is -0.373 e. The Morgan fingerprint density at radius 3 is 2.46 bits per heavy atom. The molecule has 4 aromatic rings. The van der Waals surface area contributed by atoms with E-state index in [-0.39, 0.29) is 34.3 Å². The second-order valence-corrected chi connectivity index (χ2v) is 7.12. The first kappa shape index (κ1) is 24.8. The fourth-order valence-corrected chi connectivity index (χ4v) is 3.07. The number of rotatable bonds is 6. The lowest BCUT2D eigenvalue weighted by Gasteiger charge is -2.12. The highest BCUT2D eigenvalue weighted by molar-refractivity contribution is 5.99. The number of nitrogens with one attached hydrogen (secondary N) is 2. The molecule has 0 saturated heterocycles. The molecule has 0 fully saturated rings. The largest absolute Gasteiger partial charge is 0.373 e. The van der Waals surface area contributed by atoms with E-state index in [4.69, 9.17) is 5.73 Å². The van der Waals surface area contributed by atoms with E-state index < -0.39 is 11.5 Å². The number of amides is 2. The minimum absolute atomic E-state index is 0.142. The highest BCUT2D eigenvalue weighted by Crippen LogP contribution is 2.20. The molecule has 0 spiro atoms. The van der Waals surface area contributed by atoms with Crippen LogP contribution in [0.1, 0.15) is 34.7 Å². The van der Waals surface area contributed by atoms with Gasteiger partial charge in [0.25, 0.3) is 17.4 Å². The molecule has 0 aliphatic rings. The quantitative estimate of drug-likeness (QED) is 0.370. The molecule has 13 heteroatoms. The van der Waals surface area contributed by atoms with Crippen LogP contribution in [-0.2, 0) is 0 Å². The monoisotopic (exact) mass is 478 g/mol. The van der Waals surface area contributed by atoms with Crippen LogP contribution in [0.2, 0.25) is 0 Å². The zero-order valence-electron chi connectivity index (χ0n) is 20.0. The molecule has 0 unspecified atom stereocenters. The molecular weight excluding hydrogens is 452 g/mol. The maximum atomic E-state index is 13.1. The summed E-state index contributed by atoms with van der Waals surface area (Å²) in [6.45, 7) is 4.00. The van der Waals surface area contributed by atoms with Gasteiger partial charge in [-0.05, 0) is 12.1 Å². The van der Waals surface area contributed by atoms with Gasteiger partial charge in [-0.2, -0.15) is 9.61 Å². The van der Waals surface area contributed by atoms with E-state index in [9.17, 15) is 14.4 Å². The summed E-state index contributed by atoms with van der Waals surface area (Å²) >= 11 is 0. The molecule has 0 aromatic carbocycles. The molecule has 4 N–H and O–H groups in total. The molecule has 2 amide bonds. The summed E-state index contributed by atoms with van der Waals surface area (Å²) in [7, 11) is 4.90. The van der Waals surface area contributed by atoms with Crippen LogP contribution in [-0.4, -0.2) is 67.0 Å². The van der Waals surface area contributed by atoms with E-state index in [0.29, 0.717) is 11.6 Å². The van der Waals surface area contributed by atoms with Crippen molar-refractivity contribution in [1.82, 2.24) is 34.0 Å². The Bertz CT molecular complexity index is 1420. The van der Waals surface area contributed by atoms with Crippen LogP contribution in [0.15, 0.2) is 47.8 Å². The summed E-state index contributed by atoms with van der Waals surface area (Å²) in [6.07, 6.45) is 5.51. The Balaban J connectivity index is 0.00000167. The molecule has 35 heavy (non-hydrogen) atoms. The second-order valence-electron chi connectivity index (χ2n) is 7.12. The molecule has 0 atom stereocenters. The molecule has 0 radical (unpaired) electrons. The van der Waals surface area contributed by atoms with E-state index in [0.717, 1.165) is 0 Å². The third kappa shape index (κ3) is 4.93. The van der Waals surface area contributed by atoms with Gasteiger partial charge in [-0.25, -0.2) is 15.0 Å². The molecular formula is C22H26N10O3. The van der Waals surface area contributed by atoms with Crippen molar-refractivity contribution in [3.8, 4) is 5.82 Å². The van der Waals surface area contributed by atoms with Crippen LogP contribution >= 0.6 is 0 Å². The van der Waals surface area contributed by atoms with Gasteiger partial charge in [0.05, 0.1) is 18.6 Å². The number of hydrogen-bond acceptors (Lipinski definition) is 9. The Morgan fingerprint density at radius 2 is 1.86 bits per heavy atom. The average molecular weight is 479 g/mol. The molecule has 0 saturated carbocycles. The maximum absolute atomic E-state index is 13.1. The van der Waals surface area contributed by atoms with Gasteiger partial charge in [0.1, 0.15) is 28.6 Å². The van der Waals surface area contributed by atoms with Crippen molar-refractivity contribution in [1.29, 1.82) is 0 Å². The number of carbonyl (C=O) groups excluding carboxylic acids is 2. The molecule has 0 aliphatic carbocycles. The Labute approximate surface area is 200 Å². The Hall–Kier alpha value is -4.81. The minimum atomic E-state index is -0.673. The van der Waals surface area contributed by atoms with E-state index in [2.05, 4.69) is 30.7 Å². The third-order valence-corrected chi connectivity index (χ3v) is 4.71. The highest BCUT2D eigenvalue weighted by atomic mass is 16.2. The number of primary amides is 1. The predicted molar refractivity (Wildman–Crippen MR) is 131 cm³/mol. The smallest absolute Gasteiger partial charge is 0.280 e. The lowest BCUT2D eigenvalue weighted by Crippen LogP contribution is -2.24. The lowest BCUT2D eigenvalue weighted by molar-refractivity contribution is 0.0821. The van der Waals surface area contributed by atoms with Crippen LogP contribution < -0.4 is 21.9 Å². The molecule has 0 aliphatic heterocycles. The average Bonchev–Trinajstić information content (AvgIpc) is 3.30. The standard InChI is InChI=1S/C20H20N10O3.C2H6/c1-22-15-7-14(27-18-11(17(21)31)8-25-30(15)18)26-12-5-4-6-29(20(12)33)16-10-23-13(9-24-16)19(32)28(2)3;1-2/h4-10,22H,1-3H3,(H2,21,31)(H,26,27);1-2H3. The van der Waals surface area contributed by atoms with Crippen LogP contribution in [0.5, 0.6) is 0 Å². The lowest BCUT2D eigenvalue weighted by atomic mass is 10.3. The number of anilines is 3. The number of carbonyl (C=O) groups is 2. The first-order valence-electron chi connectivity index (χ1n) is 10.7. The van der Waals surface area contributed by atoms with Crippen molar-refractivity contribution in [2.75, 3.05) is 31.8 Å². The number of nitrogens with zero attached hydrogens (tertiary/aromatic N) is 7. The molecule has 4 rings (SSSR count). The first-order chi connectivity index (χ1) is 16.8. The number of pyridine rings is 1. The molecule has 4 heterocycles. The predicted octanol–water partition coefficient (Wildman–Crippen LogP) is 1.28. The van der Waals surface area contributed by atoms with Crippen molar-refractivity contribution < 1.29 is 9.59 Å². The second kappa shape index (κ2) is 10.4.